The molecular weight excluding hydrogens is 945 g/mol. The van der Waals surface area contributed by atoms with E-state index in [0.29, 0.717) is 21.7 Å². The minimum absolute atomic E-state index is 0. The van der Waals surface area contributed by atoms with Crippen molar-refractivity contribution in [2.75, 3.05) is 0 Å². The fourth-order valence-corrected chi connectivity index (χ4v) is 8.24. The maximum Gasteiger partial charge on any atom is 0.333 e. The maximum atomic E-state index is 12.5. The molecule has 22 nitrogen and oxygen atoms in total. The molecule has 67 heavy (non-hydrogen) atoms. The third kappa shape index (κ3) is 8.87. The van der Waals surface area contributed by atoms with E-state index in [2.05, 4.69) is 51.5 Å². The molecule has 0 amide bonds. The van der Waals surface area contributed by atoms with E-state index in [-0.39, 0.29) is 40.0 Å². The predicted molar refractivity (Wildman–Crippen MR) is 247 cm³/mol. The number of nitrogens with zero attached hydrogens (tertiary/aromatic N) is 16. The number of aromatic hydroxyl groups is 2. The summed E-state index contributed by atoms with van der Waals surface area (Å²) in [4.78, 5) is 61.9. The monoisotopic (exact) mass is 984 g/mol. The maximum absolute atomic E-state index is 12.5. The van der Waals surface area contributed by atoms with Gasteiger partial charge in [-0.3, -0.25) is 27.9 Å². The number of azo groups is 2. The number of para-hydroxylation sites is 2. The first-order chi connectivity index (χ1) is 31.1. The molecule has 8 aromatic rings. The van der Waals surface area contributed by atoms with E-state index in [1.54, 1.807) is 0 Å². The summed E-state index contributed by atoms with van der Waals surface area (Å²) in [6.45, 7) is 19.2. The number of thiazole rings is 2. The number of hydrogen-bond donors (Lipinski definition) is 2. The smallest absolute Gasteiger partial charge is 0.333 e. The molecule has 2 N–H and O–H groups in total. The second kappa shape index (κ2) is 18.3. The standard InChI is InChI=1S/2C21H20N8O3S.Fe/c1-21(2,3)15-13(22-4)16(25-24-14-17(30)27(5)20(32)28(6)18(14)31)29(26-15)19-23-11-9-7-8-10-12(11)33-19;1-21(2,3)15-11(10-22)16(25-24-14-17(30)27(4)20(32)28(5)18(14)31)29(26-15)19-23-12-8-6-7-9-13(12)33-19;/h7-10,30H,1-3,5-6H3;6-9,30H,1-5H3;. The zero-order valence-corrected chi connectivity index (χ0v) is 40.2. The Morgan fingerprint density at radius 1 is 0.642 bits per heavy atom. The van der Waals surface area contributed by atoms with Gasteiger partial charge in [-0.15, -0.1) is 20.5 Å². The predicted octanol–water partition coefficient (Wildman–Crippen LogP) is 7.02. The summed E-state index contributed by atoms with van der Waals surface area (Å²) in [5.41, 5.74) is -2.05. The molecule has 2 aromatic carbocycles. The Morgan fingerprint density at radius 3 is 1.45 bits per heavy atom. The van der Waals surface area contributed by atoms with E-state index in [0.717, 1.165) is 38.7 Å². The summed E-state index contributed by atoms with van der Waals surface area (Å²) in [6.07, 6.45) is 0. The van der Waals surface area contributed by atoms with Crippen LogP contribution in [0.2, 0.25) is 0 Å². The Hall–Kier alpha value is -7.70. The molecule has 0 fully saturated rings. The number of nitriles is 1. The molecule has 0 spiro atoms. The SMILES string of the molecule is Cn1c(O)c(N=Nc2c(C#N)c(C(C)(C)C)nn2-c2nc3ccccc3s2)c(=O)n(C)c1=O.[C-]#[N+]c1c(C(C)(C)C)nn(-c2nc3ccccc3s2)c1N=Nc1c(O)n(C)c(=O)n(C)c1=O.[Fe]. The summed E-state index contributed by atoms with van der Waals surface area (Å²) < 4.78 is 8.08. The fraction of sp³-hybridized carbons (Fsp3) is 0.286. The summed E-state index contributed by atoms with van der Waals surface area (Å²) in [7, 11) is 5.16. The van der Waals surface area contributed by atoms with Crippen LogP contribution in [0.25, 0.3) is 35.5 Å². The molecule has 0 saturated heterocycles. The average Bonchev–Trinajstić information content (AvgIpc) is 4.08. The Kier molecular flexibility index (Phi) is 13.3. The van der Waals surface area contributed by atoms with Crippen molar-refractivity contribution in [1.29, 1.82) is 5.26 Å². The number of aromatic nitrogens is 10. The summed E-state index contributed by atoms with van der Waals surface area (Å²) in [6, 6.07) is 17.2. The van der Waals surface area contributed by atoms with Crippen LogP contribution in [0.5, 0.6) is 11.8 Å². The van der Waals surface area contributed by atoms with Gasteiger partial charge in [0.15, 0.2) is 11.6 Å². The van der Waals surface area contributed by atoms with Crippen LogP contribution in [-0.4, -0.2) is 58.0 Å². The van der Waals surface area contributed by atoms with Crippen LogP contribution in [-0.2, 0) is 56.1 Å². The van der Waals surface area contributed by atoms with Crippen LogP contribution in [0.3, 0.4) is 0 Å². The van der Waals surface area contributed by atoms with Gasteiger partial charge < -0.3 is 10.2 Å². The van der Waals surface area contributed by atoms with Crippen LogP contribution in [0, 0.1) is 17.9 Å². The van der Waals surface area contributed by atoms with Crippen LogP contribution < -0.4 is 22.5 Å². The van der Waals surface area contributed by atoms with Crippen molar-refractivity contribution >= 4 is 71.8 Å². The second-order valence-corrected chi connectivity index (χ2v) is 18.7. The number of rotatable bonds is 6. The molecule has 0 atom stereocenters. The van der Waals surface area contributed by atoms with Gasteiger partial charge in [0.05, 0.1) is 38.4 Å². The van der Waals surface area contributed by atoms with Gasteiger partial charge in [-0.25, -0.2) is 24.4 Å². The summed E-state index contributed by atoms with van der Waals surface area (Å²) in [5.74, 6) is -1.12. The van der Waals surface area contributed by atoms with Crippen molar-refractivity contribution in [3.8, 4) is 28.1 Å². The Morgan fingerprint density at radius 2 is 1.04 bits per heavy atom. The molecule has 6 aromatic heterocycles. The van der Waals surface area contributed by atoms with Crippen molar-refractivity contribution in [3.05, 3.63) is 119 Å². The Balaban J connectivity index is 0.000000218. The molecule has 0 bridgehead atoms. The molecule has 0 aliphatic rings. The minimum Gasteiger partial charge on any atom is -0.493 e. The first-order valence-corrected chi connectivity index (χ1v) is 21.3. The third-order valence-electron chi connectivity index (χ3n) is 9.98. The molecule has 0 aliphatic carbocycles. The van der Waals surface area contributed by atoms with Gasteiger partial charge in [0, 0.05) is 50.7 Å². The normalized spacial score (nSPS) is 11.8. The van der Waals surface area contributed by atoms with E-state index >= 15 is 0 Å². The molecule has 6 heterocycles. The van der Waals surface area contributed by atoms with E-state index < -0.39 is 56.5 Å². The van der Waals surface area contributed by atoms with E-state index in [1.165, 1.54) is 60.2 Å². The van der Waals surface area contributed by atoms with Crippen molar-refractivity contribution in [3.63, 3.8) is 0 Å². The van der Waals surface area contributed by atoms with Crippen molar-refractivity contribution < 1.29 is 27.3 Å². The van der Waals surface area contributed by atoms with Gasteiger partial charge in [0.25, 0.3) is 16.8 Å². The number of hydrogen-bond acceptors (Lipinski definition) is 17. The van der Waals surface area contributed by atoms with Gasteiger partial charge in [0.1, 0.15) is 11.6 Å². The number of fused-ring (bicyclic) bond motifs is 2. The molecule has 0 unspecified atom stereocenters. The zero-order valence-electron chi connectivity index (χ0n) is 37.5. The van der Waals surface area contributed by atoms with Crippen LogP contribution in [0.15, 0.2) is 88.2 Å². The quantitative estimate of drug-likeness (QED) is 0.0971. The van der Waals surface area contributed by atoms with Gasteiger partial charge in [-0.05, 0) is 29.7 Å². The van der Waals surface area contributed by atoms with E-state index in [1.807, 2.05) is 90.1 Å². The molecule has 0 aliphatic heterocycles. The fourth-order valence-electron chi connectivity index (χ4n) is 6.40. The average molecular weight is 985 g/mol. The van der Waals surface area contributed by atoms with Gasteiger partial charge in [-0.2, -0.15) is 24.8 Å². The Labute approximate surface area is 398 Å². The van der Waals surface area contributed by atoms with E-state index in [9.17, 15) is 34.7 Å². The van der Waals surface area contributed by atoms with Crippen molar-refractivity contribution in [2.45, 2.75) is 52.4 Å². The van der Waals surface area contributed by atoms with Gasteiger partial charge in [-0.1, -0.05) is 88.5 Å². The first-order valence-electron chi connectivity index (χ1n) is 19.7. The van der Waals surface area contributed by atoms with Gasteiger partial charge >= 0.3 is 11.4 Å². The molecule has 0 saturated carbocycles. The molecular formula is C42H40FeN16O6S2. The summed E-state index contributed by atoms with van der Waals surface area (Å²) >= 11 is 2.73. The minimum atomic E-state index is -0.819. The van der Waals surface area contributed by atoms with Crippen LogP contribution >= 0.6 is 22.7 Å². The third-order valence-corrected chi connectivity index (χ3v) is 12.0. The molecule has 0 radical (unpaired) electrons. The van der Waals surface area contributed by atoms with Crippen LogP contribution in [0.1, 0.15) is 58.5 Å². The zero-order chi connectivity index (χ0) is 48.2. The summed E-state index contributed by atoms with van der Waals surface area (Å²) in [5, 5.41) is 56.9. The second-order valence-electron chi connectivity index (χ2n) is 16.7. The topological polar surface area (TPSA) is 267 Å². The van der Waals surface area contributed by atoms with Crippen molar-refractivity contribution in [1.82, 2.24) is 47.8 Å². The number of benzene rings is 2. The van der Waals surface area contributed by atoms with Gasteiger partial charge in [0.2, 0.25) is 33.4 Å². The van der Waals surface area contributed by atoms with Crippen LogP contribution in [0.4, 0.5) is 28.7 Å². The first kappa shape index (κ1) is 48.7. The molecule has 8 rings (SSSR count). The Bertz CT molecular complexity index is 3360. The van der Waals surface area contributed by atoms with E-state index in [4.69, 9.17) is 6.57 Å². The molecule has 344 valence electrons. The largest absolute Gasteiger partial charge is 0.493 e. The van der Waals surface area contributed by atoms with Crippen molar-refractivity contribution in [2.24, 2.45) is 48.6 Å². The molecule has 25 heteroatoms.